The number of methoxy groups -OCH3 is 2. The maximum Gasteiger partial charge on any atom is 0.338 e. The predicted molar refractivity (Wildman–Crippen MR) is 95.8 cm³/mol. The van der Waals surface area contributed by atoms with Gasteiger partial charge in [-0.2, -0.15) is 4.68 Å². The summed E-state index contributed by atoms with van der Waals surface area (Å²) in [6.07, 6.45) is 0. The Morgan fingerprint density at radius 3 is 2.88 bits per heavy atom. The van der Waals surface area contributed by atoms with Gasteiger partial charge in [-0.05, 0) is 29.5 Å². The number of carbonyl (C=O) groups excluding carboxylic acids is 1. The number of hydrogen-bond donors (Lipinski definition) is 1. The zero-order chi connectivity index (χ0) is 18.7. The van der Waals surface area contributed by atoms with Crippen LogP contribution < -0.4 is 10.1 Å². The number of esters is 1. The third kappa shape index (κ3) is 3.42. The zero-order valence-electron chi connectivity index (χ0n) is 14.5. The van der Waals surface area contributed by atoms with E-state index < -0.39 is 12.0 Å². The van der Waals surface area contributed by atoms with E-state index in [2.05, 4.69) is 36.8 Å². The van der Waals surface area contributed by atoms with Gasteiger partial charge >= 0.3 is 5.97 Å². The number of nitrogens with one attached hydrogen (secondary N) is 1. The highest BCUT2D eigenvalue weighted by atomic mass is 79.9. The van der Waals surface area contributed by atoms with Gasteiger partial charge in [0, 0.05) is 22.8 Å². The van der Waals surface area contributed by atoms with Crippen LogP contribution >= 0.6 is 15.9 Å². The number of carbonyl (C=O) groups is 1. The van der Waals surface area contributed by atoms with Crippen molar-refractivity contribution in [2.24, 2.45) is 0 Å². The lowest BCUT2D eigenvalue weighted by Crippen LogP contribution is -2.30. The van der Waals surface area contributed by atoms with Crippen molar-refractivity contribution in [2.45, 2.75) is 13.0 Å². The summed E-state index contributed by atoms with van der Waals surface area (Å²) in [6, 6.07) is 4.97. The van der Waals surface area contributed by atoms with E-state index in [1.165, 1.54) is 4.68 Å². The van der Waals surface area contributed by atoms with Crippen LogP contribution in [0.25, 0.3) is 0 Å². The van der Waals surface area contributed by atoms with Crippen LogP contribution in [0, 0.1) is 0 Å². The summed E-state index contributed by atoms with van der Waals surface area (Å²) in [7, 11) is 3.11. The number of fused-ring (bicyclic) bond motifs is 1. The van der Waals surface area contributed by atoms with Crippen molar-refractivity contribution in [3.05, 3.63) is 39.5 Å². The van der Waals surface area contributed by atoms with Gasteiger partial charge in [-0.3, -0.25) is 0 Å². The number of ether oxygens (including phenoxy) is 3. The molecule has 1 N–H and O–H groups in total. The smallest absolute Gasteiger partial charge is 0.338 e. The molecule has 1 atom stereocenters. The van der Waals surface area contributed by atoms with Crippen molar-refractivity contribution in [1.29, 1.82) is 0 Å². The molecule has 10 heteroatoms. The second-order valence-electron chi connectivity index (χ2n) is 5.53. The highest BCUT2D eigenvalue weighted by molar-refractivity contribution is 9.10. The minimum absolute atomic E-state index is 0.152. The van der Waals surface area contributed by atoms with E-state index in [0.29, 0.717) is 29.6 Å². The van der Waals surface area contributed by atoms with E-state index in [9.17, 15) is 4.79 Å². The molecule has 0 bridgehead atoms. The molecule has 0 aliphatic carbocycles. The molecule has 1 aliphatic heterocycles. The van der Waals surface area contributed by atoms with Crippen LogP contribution in [0.1, 0.15) is 18.5 Å². The second-order valence-corrected chi connectivity index (χ2v) is 6.44. The van der Waals surface area contributed by atoms with Crippen LogP contribution in [0.15, 0.2) is 33.9 Å². The monoisotopic (exact) mass is 423 g/mol. The fourth-order valence-corrected chi connectivity index (χ4v) is 3.11. The number of nitrogens with zero attached hydrogens (tertiary/aromatic N) is 4. The first-order chi connectivity index (χ1) is 12.6. The second kappa shape index (κ2) is 7.83. The Morgan fingerprint density at radius 2 is 2.15 bits per heavy atom. The molecule has 9 nitrogen and oxygen atoms in total. The standard InChI is InChI=1S/C16H18BrN5O4/c1-9-13(15(23)26-7-6-24-2)14(22-16(18-9)19-20-21-22)11-5-4-10(17)8-12(11)25-3/h4-5,8,14H,6-7H2,1-3H3,(H,18,19,21)/t14-/m1/s1. The molecule has 0 amide bonds. The number of anilines is 1. The summed E-state index contributed by atoms with van der Waals surface area (Å²) in [4.78, 5) is 12.8. The summed E-state index contributed by atoms with van der Waals surface area (Å²) in [5, 5.41) is 14.7. The van der Waals surface area contributed by atoms with Crippen LogP contribution in [0.5, 0.6) is 5.75 Å². The van der Waals surface area contributed by atoms with E-state index in [0.717, 1.165) is 10.0 Å². The topological polar surface area (TPSA) is 100 Å². The average Bonchev–Trinajstić information content (AvgIpc) is 3.08. The van der Waals surface area contributed by atoms with Crippen LogP contribution in [-0.4, -0.2) is 53.6 Å². The van der Waals surface area contributed by atoms with Gasteiger partial charge in [0.25, 0.3) is 0 Å². The van der Waals surface area contributed by atoms with Gasteiger partial charge < -0.3 is 19.5 Å². The Bertz CT molecular complexity index is 851. The van der Waals surface area contributed by atoms with Gasteiger partial charge in [0.2, 0.25) is 5.95 Å². The normalized spacial score (nSPS) is 16.1. The van der Waals surface area contributed by atoms with Crippen molar-refractivity contribution < 1.29 is 19.0 Å². The minimum atomic E-state index is -0.584. The lowest BCUT2D eigenvalue weighted by Gasteiger charge is -2.28. The molecule has 26 heavy (non-hydrogen) atoms. The molecule has 0 fully saturated rings. The summed E-state index contributed by atoms with van der Waals surface area (Å²) in [6.45, 7) is 2.25. The highest BCUT2D eigenvalue weighted by Gasteiger charge is 2.36. The summed E-state index contributed by atoms with van der Waals surface area (Å²) < 4.78 is 18.2. The molecule has 1 aromatic heterocycles. The minimum Gasteiger partial charge on any atom is -0.496 e. The Kier molecular flexibility index (Phi) is 5.52. The van der Waals surface area contributed by atoms with Gasteiger partial charge in [0.15, 0.2) is 0 Å². The molecule has 1 aromatic carbocycles. The zero-order valence-corrected chi connectivity index (χ0v) is 16.1. The number of benzene rings is 1. The number of rotatable bonds is 6. The quantitative estimate of drug-likeness (QED) is 0.555. The molecule has 2 aromatic rings. The summed E-state index contributed by atoms with van der Waals surface area (Å²) >= 11 is 3.43. The largest absolute Gasteiger partial charge is 0.496 e. The van der Waals surface area contributed by atoms with Crippen LogP contribution in [0.2, 0.25) is 0 Å². The predicted octanol–water partition coefficient (Wildman–Crippen LogP) is 1.92. The van der Waals surface area contributed by atoms with E-state index in [-0.39, 0.29) is 6.61 Å². The van der Waals surface area contributed by atoms with Gasteiger partial charge in [-0.15, -0.1) is 0 Å². The van der Waals surface area contributed by atoms with Gasteiger partial charge in [-0.1, -0.05) is 27.1 Å². The summed E-state index contributed by atoms with van der Waals surface area (Å²) in [5.41, 5.74) is 1.76. The molecule has 0 saturated heterocycles. The molecule has 0 unspecified atom stereocenters. The van der Waals surface area contributed by atoms with Crippen molar-refractivity contribution in [3.63, 3.8) is 0 Å². The molecule has 138 valence electrons. The third-order valence-electron chi connectivity index (χ3n) is 3.94. The fourth-order valence-electron chi connectivity index (χ4n) is 2.77. The Hall–Kier alpha value is -2.46. The molecule has 2 heterocycles. The van der Waals surface area contributed by atoms with Crippen LogP contribution in [-0.2, 0) is 14.3 Å². The average molecular weight is 424 g/mol. The van der Waals surface area contributed by atoms with Gasteiger partial charge in [0.05, 0.1) is 19.3 Å². The van der Waals surface area contributed by atoms with Crippen molar-refractivity contribution in [2.75, 3.05) is 32.8 Å². The number of allylic oxidation sites excluding steroid dienone is 1. The third-order valence-corrected chi connectivity index (χ3v) is 4.44. The lowest BCUT2D eigenvalue weighted by molar-refractivity contribution is -0.140. The Labute approximate surface area is 158 Å². The molecular weight excluding hydrogens is 406 g/mol. The molecule has 0 saturated carbocycles. The number of hydrogen-bond acceptors (Lipinski definition) is 8. The maximum absolute atomic E-state index is 12.8. The van der Waals surface area contributed by atoms with Crippen LogP contribution in [0.3, 0.4) is 0 Å². The van der Waals surface area contributed by atoms with E-state index in [4.69, 9.17) is 14.2 Å². The molecule has 0 radical (unpaired) electrons. The molecule has 1 aliphatic rings. The molecular formula is C16H18BrN5O4. The highest BCUT2D eigenvalue weighted by Crippen LogP contribution is 2.39. The lowest BCUT2D eigenvalue weighted by atomic mass is 9.95. The first-order valence-corrected chi connectivity index (χ1v) is 8.61. The SMILES string of the molecule is COCCOC(=O)C1=C(C)Nc2nnnn2[C@@H]1c1ccc(Br)cc1OC. The van der Waals surface area contributed by atoms with Gasteiger partial charge in [-0.25, -0.2) is 4.79 Å². The first-order valence-electron chi connectivity index (χ1n) is 7.82. The fraction of sp³-hybridized carbons (Fsp3) is 0.375. The molecule has 3 rings (SSSR count). The first kappa shape index (κ1) is 18.3. The maximum atomic E-state index is 12.8. The van der Waals surface area contributed by atoms with E-state index >= 15 is 0 Å². The van der Waals surface area contributed by atoms with Gasteiger partial charge in [0.1, 0.15) is 18.4 Å². The number of tetrazole rings is 1. The summed E-state index contributed by atoms with van der Waals surface area (Å²) in [5.74, 6) is 0.566. The van der Waals surface area contributed by atoms with Crippen molar-refractivity contribution >= 4 is 27.8 Å². The molecule has 0 spiro atoms. The van der Waals surface area contributed by atoms with E-state index in [1.54, 1.807) is 21.1 Å². The Morgan fingerprint density at radius 1 is 1.35 bits per heavy atom. The number of halogens is 1. The number of aromatic nitrogens is 4. The van der Waals surface area contributed by atoms with Crippen molar-refractivity contribution in [3.8, 4) is 5.75 Å². The van der Waals surface area contributed by atoms with Crippen LogP contribution in [0.4, 0.5) is 5.95 Å². The van der Waals surface area contributed by atoms with Crippen molar-refractivity contribution in [1.82, 2.24) is 20.2 Å². The Balaban J connectivity index is 2.08. The van der Waals surface area contributed by atoms with E-state index in [1.807, 2.05) is 18.2 Å².